The van der Waals surface area contributed by atoms with Gasteiger partial charge in [0.15, 0.2) is 8.87 Å². The molecule has 0 N–H and O–H groups in total. The van der Waals surface area contributed by atoms with Crippen molar-refractivity contribution >= 4 is 19.7 Å². The van der Waals surface area contributed by atoms with Crippen molar-refractivity contribution in [3.8, 4) is 11.8 Å². The molecule has 1 unspecified atom stereocenters. The summed E-state index contributed by atoms with van der Waals surface area (Å²) in [4.78, 5) is 0. The van der Waals surface area contributed by atoms with Gasteiger partial charge < -0.3 is 0 Å². The molecule has 0 aromatic rings. The fourth-order valence-electron chi connectivity index (χ4n) is 1.90. The normalized spacial score (nSPS) is 28.8. The van der Waals surface area contributed by atoms with Gasteiger partial charge in [-0.15, -0.1) is 10.3 Å². The molecule has 0 saturated carbocycles. The van der Waals surface area contributed by atoms with Crippen LogP contribution in [-0.2, 0) is 14.1 Å². The topological polar surface area (TPSA) is 57.3 Å². The van der Waals surface area contributed by atoms with Crippen LogP contribution in [0.15, 0.2) is 0 Å². The second-order valence-corrected chi connectivity index (χ2v) is 9.60. The summed E-state index contributed by atoms with van der Waals surface area (Å²) in [6.45, 7) is 5.61. The van der Waals surface area contributed by atoms with Crippen molar-refractivity contribution in [2.75, 3.05) is 12.0 Å². The molecule has 0 aromatic carbocycles. The van der Waals surface area contributed by atoms with E-state index in [1.165, 1.54) is 0 Å². The first-order valence-electron chi connectivity index (χ1n) is 5.39. The van der Waals surface area contributed by atoms with Crippen LogP contribution in [0.2, 0.25) is 0 Å². The Labute approximate surface area is 107 Å². The predicted molar refractivity (Wildman–Crippen MR) is 69.3 cm³/mol. The second kappa shape index (κ2) is 4.81. The SMILES string of the molecule is CC1(C)CCC(C)(C#CCSS(C)(=O)=O)N1[O]. The maximum absolute atomic E-state index is 12.0. The summed E-state index contributed by atoms with van der Waals surface area (Å²) in [5.41, 5.74) is -1.06. The molecule has 1 rings (SSSR count). The van der Waals surface area contributed by atoms with Crippen molar-refractivity contribution in [2.45, 2.75) is 44.7 Å². The Morgan fingerprint density at radius 2 is 1.88 bits per heavy atom. The van der Waals surface area contributed by atoms with Crippen LogP contribution in [0, 0.1) is 11.8 Å². The Morgan fingerprint density at radius 1 is 1.29 bits per heavy atom. The number of rotatable bonds is 2. The standard InChI is InChI=1S/C11H18NO3S2/c1-10(2)7-8-11(3,12(10)13)6-5-9-16-17(4,14)15/h7-9H2,1-4H3. The fraction of sp³-hybridized carbons (Fsp3) is 0.818. The monoisotopic (exact) mass is 276 g/mol. The number of hydroxylamine groups is 2. The van der Waals surface area contributed by atoms with E-state index in [-0.39, 0.29) is 11.3 Å². The molecule has 0 spiro atoms. The minimum absolute atomic E-state index is 0.211. The third-order valence-corrected chi connectivity index (χ3v) is 5.25. The molecule has 1 aliphatic heterocycles. The smallest absolute Gasteiger partial charge is 0.199 e. The van der Waals surface area contributed by atoms with Gasteiger partial charge in [0.05, 0.1) is 5.75 Å². The first kappa shape index (κ1) is 14.8. The van der Waals surface area contributed by atoms with E-state index in [1.807, 2.05) is 20.8 Å². The summed E-state index contributed by atoms with van der Waals surface area (Å²) in [6.07, 6.45) is 2.68. The first-order valence-corrected chi connectivity index (χ1v) is 8.78. The molecule has 0 amide bonds. The minimum Gasteiger partial charge on any atom is -0.218 e. The summed E-state index contributed by atoms with van der Waals surface area (Å²) >= 11 is 0. The summed E-state index contributed by atoms with van der Waals surface area (Å²) in [6, 6.07) is 0. The molecule has 0 aliphatic carbocycles. The van der Waals surface area contributed by atoms with Crippen molar-refractivity contribution in [1.82, 2.24) is 5.06 Å². The molecule has 4 nitrogen and oxygen atoms in total. The zero-order valence-electron chi connectivity index (χ0n) is 10.6. The van der Waals surface area contributed by atoms with Gasteiger partial charge in [-0.05, 0) is 44.4 Å². The summed E-state index contributed by atoms with van der Waals surface area (Å²) < 4.78 is 21.8. The van der Waals surface area contributed by atoms with Crippen molar-refractivity contribution in [1.29, 1.82) is 0 Å². The van der Waals surface area contributed by atoms with Crippen LogP contribution >= 0.6 is 10.8 Å². The van der Waals surface area contributed by atoms with Crippen molar-refractivity contribution in [2.24, 2.45) is 0 Å². The van der Waals surface area contributed by atoms with E-state index in [0.29, 0.717) is 0 Å². The zero-order valence-corrected chi connectivity index (χ0v) is 12.2. The summed E-state index contributed by atoms with van der Waals surface area (Å²) in [5, 5.41) is 13.1. The van der Waals surface area contributed by atoms with Gasteiger partial charge in [-0.25, -0.2) is 8.42 Å². The van der Waals surface area contributed by atoms with Gasteiger partial charge in [-0.2, -0.15) is 0 Å². The van der Waals surface area contributed by atoms with Gasteiger partial charge in [-0.1, -0.05) is 11.8 Å². The van der Waals surface area contributed by atoms with E-state index in [2.05, 4.69) is 11.8 Å². The fourth-order valence-corrected chi connectivity index (χ4v) is 3.06. The molecular formula is C11H18NO3S2. The zero-order chi connectivity index (χ0) is 13.3. The van der Waals surface area contributed by atoms with Crippen LogP contribution in [0.1, 0.15) is 33.6 Å². The third-order valence-electron chi connectivity index (χ3n) is 2.92. The van der Waals surface area contributed by atoms with E-state index in [0.717, 1.165) is 35.0 Å². The molecule has 97 valence electrons. The average molecular weight is 276 g/mol. The minimum atomic E-state index is -3.05. The largest absolute Gasteiger partial charge is 0.218 e. The Kier molecular flexibility index (Phi) is 4.20. The van der Waals surface area contributed by atoms with Crippen molar-refractivity contribution < 1.29 is 13.6 Å². The number of hydrogen-bond acceptors (Lipinski definition) is 4. The lowest BCUT2D eigenvalue weighted by molar-refractivity contribution is -0.234. The molecule has 6 heteroatoms. The number of nitrogens with zero attached hydrogens (tertiary/aromatic N) is 1. The van der Waals surface area contributed by atoms with E-state index in [9.17, 15) is 13.6 Å². The van der Waals surface area contributed by atoms with Gasteiger partial charge in [-0.3, -0.25) is 0 Å². The molecule has 1 heterocycles. The lowest BCUT2D eigenvalue weighted by Crippen LogP contribution is -2.45. The molecule has 0 aromatic heterocycles. The predicted octanol–water partition coefficient (Wildman–Crippen LogP) is 1.66. The summed E-state index contributed by atoms with van der Waals surface area (Å²) in [5.74, 6) is 5.91. The maximum atomic E-state index is 12.0. The third kappa shape index (κ3) is 3.88. The highest BCUT2D eigenvalue weighted by atomic mass is 33.1. The van der Waals surface area contributed by atoms with E-state index in [4.69, 9.17) is 0 Å². The van der Waals surface area contributed by atoms with Crippen LogP contribution in [0.3, 0.4) is 0 Å². The molecule has 1 radical (unpaired) electrons. The second-order valence-electron chi connectivity index (χ2n) is 5.15. The van der Waals surface area contributed by atoms with Crippen LogP contribution in [0.4, 0.5) is 0 Å². The van der Waals surface area contributed by atoms with E-state index in [1.54, 1.807) is 0 Å². The Morgan fingerprint density at radius 3 is 2.29 bits per heavy atom. The van der Waals surface area contributed by atoms with Crippen LogP contribution in [0.25, 0.3) is 0 Å². The lowest BCUT2D eigenvalue weighted by atomic mass is 10.00. The molecule has 1 atom stereocenters. The molecule has 0 bridgehead atoms. The van der Waals surface area contributed by atoms with Crippen molar-refractivity contribution in [3.05, 3.63) is 0 Å². The Bertz CT molecular complexity index is 447. The molecule has 1 aliphatic rings. The van der Waals surface area contributed by atoms with Crippen LogP contribution < -0.4 is 0 Å². The van der Waals surface area contributed by atoms with Crippen molar-refractivity contribution in [3.63, 3.8) is 0 Å². The Balaban J connectivity index is 2.66. The average Bonchev–Trinajstić information content (AvgIpc) is 2.37. The highest BCUT2D eigenvalue weighted by Gasteiger charge is 2.47. The molecular weight excluding hydrogens is 258 g/mol. The number of hydrogen-bond donors (Lipinski definition) is 0. The first-order chi connectivity index (χ1) is 7.57. The molecule has 17 heavy (non-hydrogen) atoms. The summed E-state index contributed by atoms with van der Waals surface area (Å²) in [7, 11) is -2.26. The highest BCUT2D eigenvalue weighted by molar-refractivity contribution is 8.71. The maximum Gasteiger partial charge on any atom is 0.199 e. The van der Waals surface area contributed by atoms with E-state index >= 15 is 0 Å². The van der Waals surface area contributed by atoms with Gasteiger partial charge in [0.1, 0.15) is 5.54 Å². The van der Waals surface area contributed by atoms with E-state index < -0.39 is 14.4 Å². The van der Waals surface area contributed by atoms with Gasteiger partial charge in [0.2, 0.25) is 0 Å². The highest BCUT2D eigenvalue weighted by Crippen LogP contribution is 2.38. The van der Waals surface area contributed by atoms with Crippen LogP contribution in [0.5, 0.6) is 0 Å². The van der Waals surface area contributed by atoms with Gasteiger partial charge >= 0.3 is 0 Å². The van der Waals surface area contributed by atoms with Crippen LogP contribution in [-0.4, -0.2) is 36.6 Å². The molecule has 1 saturated heterocycles. The Hall–Kier alpha value is -0.220. The lowest BCUT2D eigenvalue weighted by Gasteiger charge is -2.30. The quantitative estimate of drug-likeness (QED) is 0.568. The molecule has 1 fully saturated rings. The van der Waals surface area contributed by atoms with Gasteiger partial charge in [0, 0.05) is 11.8 Å². The van der Waals surface area contributed by atoms with Gasteiger partial charge in [0.25, 0.3) is 0 Å².